The fraction of sp³-hybridized carbons (Fsp3) is 0.391. The fourth-order valence-corrected chi connectivity index (χ4v) is 5.19. The molecule has 0 spiro atoms. The van der Waals surface area contributed by atoms with Gasteiger partial charge in [-0.25, -0.2) is 4.79 Å². The molecular formula is C23H24N4O4S. The third-order valence-electron chi connectivity index (χ3n) is 5.67. The van der Waals surface area contributed by atoms with Crippen LogP contribution in [0.25, 0.3) is 6.08 Å². The van der Waals surface area contributed by atoms with Gasteiger partial charge in [0.25, 0.3) is 0 Å². The number of ether oxygens (including phenoxy) is 1. The second-order valence-electron chi connectivity index (χ2n) is 7.90. The molecule has 2 aromatic heterocycles. The first kappa shape index (κ1) is 22.0. The van der Waals surface area contributed by atoms with E-state index in [2.05, 4.69) is 16.4 Å². The van der Waals surface area contributed by atoms with Crippen molar-refractivity contribution in [1.82, 2.24) is 9.88 Å². The number of carbonyl (C=O) groups is 2. The molecule has 0 aromatic carbocycles. The van der Waals surface area contributed by atoms with Crippen LogP contribution in [-0.4, -0.2) is 52.3 Å². The van der Waals surface area contributed by atoms with Crippen LogP contribution in [0, 0.1) is 11.3 Å². The fourth-order valence-electron chi connectivity index (χ4n) is 3.93. The van der Waals surface area contributed by atoms with Crippen molar-refractivity contribution in [2.75, 3.05) is 18.4 Å². The summed E-state index contributed by atoms with van der Waals surface area (Å²) >= 11 is 1.36. The van der Waals surface area contributed by atoms with E-state index in [1.807, 2.05) is 6.07 Å². The van der Waals surface area contributed by atoms with E-state index in [0.717, 1.165) is 16.0 Å². The predicted octanol–water partition coefficient (Wildman–Crippen LogP) is 3.12. The maximum absolute atomic E-state index is 12.5. The molecule has 1 aliphatic heterocycles. The summed E-state index contributed by atoms with van der Waals surface area (Å²) < 4.78 is 5.70. The molecule has 0 radical (unpaired) electrons. The van der Waals surface area contributed by atoms with Gasteiger partial charge in [0.2, 0.25) is 5.91 Å². The maximum Gasteiger partial charge on any atom is 0.410 e. The molecule has 2 amide bonds. The summed E-state index contributed by atoms with van der Waals surface area (Å²) in [6.07, 6.45) is 8.35. The third kappa shape index (κ3) is 5.15. The number of nitriles is 1. The minimum Gasteiger partial charge on any atom is -0.446 e. The normalized spacial score (nSPS) is 18.8. The van der Waals surface area contributed by atoms with Crippen molar-refractivity contribution >= 4 is 34.4 Å². The van der Waals surface area contributed by atoms with Crippen LogP contribution >= 0.6 is 11.3 Å². The Morgan fingerprint density at radius 3 is 2.88 bits per heavy atom. The molecule has 0 saturated carbocycles. The molecule has 3 heterocycles. The second-order valence-corrected chi connectivity index (χ2v) is 9.00. The molecule has 9 heteroatoms. The van der Waals surface area contributed by atoms with Gasteiger partial charge in [-0.3, -0.25) is 9.78 Å². The van der Waals surface area contributed by atoms with Crippen molar-refractivity contribution < 1.29 is 19.4 Å². The summed E-state index contributed by atoms with van der Waals surface area (Å²) in [5.74, 6) is -0.320. The summed E-state index contributed by atoms with van der Waals surface area (Å²) in [5, 5.41) is 22.6. The minimum atomic E-state index is -0.350. The van der Waals surface area contributed by atoms with Crippen molar-refractivity contribution in [3.63, 3.8) is 0 Å². The second kappa shape index (κ2) is 9.94. The first-order chi connectivity index (χ1) is 15.5. The summed E-state index contributed by atoms with van der Waals surface area (Å²) in [5.41, 5.74) is 2.22. The number of piperidine rings is 1. The number of hydrogen-bond acceptors (Lipinski definition) is 7. The van der Waals surface area contributed by atoms with E-state index in [1.54, 1.807) is 29.4 Å². The zero-order valence-corrected chi connectivity index (χ0v) is 18.3. The molecule has 1 aliphatic carbocycles. The van der Waals surface area contributed by atoms with E-state index >= 15 is 0 Å². The van der Waals surface area contributed by atoms with Gasteiger partial charge in [-0.15, -0.1) is 11.3 Å². The summed E-state index contributed by atoms with van der Waals surface area (Å²) in [7, 11) is 0. The van der Waals surface area contributed by atoms with E-state index in [4.69, 9.17) is 4.74 Å². The molecule has 1 saturated heterocycles. The molecule has 0 bridgehead atoms. The van der Waals surface area contributed by atoms with Crippen LogP contribution in [0.4, 0.5) is 9.80 Å². The molecule has 1 unspecified atom stereocenters. The number of fused-ring (bicyclic) bond motifs is 1. The number of aromatic nitrogens is 1. The van der Waals surface area contributed by atoms with Crippen molar-refractivity contribution in [2.45, 2.75) is 44.3 Å². The predicted molar refractivity (Wildman–Crippen MR) is 120 cm³/mol. The molecule has 8 nitrogen and oxygen atoms in total. The van der Waals surface area contributed by atoms with Gasteiger partial charge < -0.3 is 20.1 Å². The zero-order valence-electron chi connectivity index (χ0n) is 17.5. The number of rotatable bonds is 4. The molecule has 2 aliphatic rings. The standard InChI is InChI=1S/C23H24N4O4S/c24-13-19-18-5-4-17(31-23(30)27-10-7-16(28)8-11-27)12-20(18)32-22(19)26-21(29)6-3-15-2-1-9-25-14-15/h1-3,6,9,14,16-17,28H,4-5,7-8,10-12H2,(H,26,29). The van der Waals surface area contributed by atoms with Gasteiger partial charge in [-0.1, -0.05) is 6.07 Å². The lowest BCUT2D eigenvalue weighted by atomic mass is 9.94. The monoisotopic (exact) mass is 452 g/mol. The zero-order chi connectivity index (χ0) is 22.5. The number of pyridine rings is 1. The Labute approximate surface area is 190 Å². The van der Waals surface area contributed by atoms with Gasteiger partial charge in [-0.05, 0) is 49.0 Å². The highest BCUT2D eigenvalue weighted by molar-refractivity contribution is 7.16. The van der Waals surface area contributed by atoms with Gasteiger partial charge >= 0.3 is 6.09 Å². The Bertz CT molecular complexity index is 1050. The Kier molecular flexibility index (Phi) is 6.83. The molecule has 1 fully saturated rings. The largest absolute Gasteiger partial charge is 0.446 e. The highest BCUT2D eigenvalue weighted by atomic mass is 32.1. The van der Waals surface area contributed by atoms with Crippen LogP contribution in [0.1, 0.15) is 40.8 Å². The number of aliphatic hydroxyl groups excluding tert-OH is 1. The molecule has 4 rings (SSSR count). The lowest BCUT2D eigenvalue weighted by Gasteiger charge is -2.31. The van der Waals surface area contributed by atoms with Gasteiger partial charge in [0, 0.05) is 42.9 Å². The molecule has 1 atom stereocenters. The average molecular weight is 453 g/mol. The number of nitrogens with one attached hydrogen (secondary N) is 1. The third-order valence-corrected chi connectivity index (χ3v) is 6.84. The minimum absolute atomic E-state index is 0.263. The van der Waals surface area contributed by atoms with Crippen LogP contribution < -0.4 is 5.32 Å². The quantitative estimate of drug-likeness (QED) is 0.689. The van der Waals surface area contributed by atoms with E-state index in [9.17, 15) is 20.0 Å². The molecular weight excluding hydrogens is 428 g/mol. The summed E-state index contributed by atoms with van der Waals surface area (Å²) in [6, 6.07) is 5.85. The SMILES string of the molecule is N#Cc1c(NC(=O)C=Cc2cccnc2)sc2c1CCC(OC(=O)N1CCC(O)CC1)C2. The van der Waals surface area contributed by atoms with Gasteiger partial charge in [0.05, 0.1) is 11.7 Å². The topological polar surface area (TPSA) is 116 Å². The van der Waals surface area contributed by atoms with Crippen molar-refractivity contribution in [3.05, 3.63) is 52.2 Å². The smallest absolute Gasteiger partial charge is 0.410 e. The summed E-state index contributed by atoms with van der Waals surface area (Å²) in [6.45, 7) is 0.997. The van der Waals surface area contributed by atoms with Crippen LogP contribution in [0.15, 0.2) is 30.6 Å². The van der Waals surface area contributed by atoms with Crippen LogP contribution in [0.2, 0.25) is 0 Å². The van der Waals surface area contributed by atoms with E-state index in [-0.39, 0.29) is 24.2 Å². The number of thiophene rings is 1. The van der Waals surface area contributed by atoms with Crippen molar-refractivity contribution in [2.24, 2.45) is 0 Å². The Hall–Kier alpha value is -3.22. The number of aliphatic hydroxyl groups is 1. The maximum atomic E-state index is 12.5. The highest BCUT2D eigenvalue weighted by Crippen LogP contribution is 2.38. The molecule has 2 aromatic rings. The Morgan fingerprint density at radius 1 is 1.34 bits per heavy atom. The van der Waals surface area contributed by atoms with Gasteiger partial charge in [0.1, 0.15) is 17.2 Å². The number of nitrogens with zero attached hydrogens (tertiary/aromatic N) is 3. The van der Waals surface area contributed by atoms with E-state index in [1.165, 1.54) is 17.4 Å². The first-order valence-corrected chi connectivity index (χ1v) is 11.4. The number of hydrogen-bond donors (Lipinski definition) is 2. The lowest BCUT2D eigenvalue weighted by Crippen LogP contribution is -2.42. The first-order valence-electron chi connectivity index (χ1n) is 10.6. The molecule has 32 heavy (non-hydrogen) atoms. The van der Waals surface area contributed by atoms with E-state index < -0.39 is 0 Å². The van der Waals surface area contributed by atoms with Crippen LogP contribution in [0.3, 0.4) is 0 Å². The van der Waals surface area contributed by atoms with Gasteiger partial charge in [-0.2, -0.15) is 5.26 Å². The highest BCUT2D eigenvalue weighted by Gasteiger charge is 2.30. The number of likely N-dealkylation sites (tertiary alicyclic amines) is 1. The Balaban J connectivity index is 1.39. The lowest BCUT2D eigenvalue weighted by molar-refractivity contribution is -0.111. The van der Waals surface area contributed by atoms with Crippen molar-refractivity contribution in [3.8, 4) is 6.07 Å². The van der Waals surface area contributed by atoms with Crippen LogP contribution in [-0.2, 0) is 22.4 Å². The van der Waals surface area contributed by atoms with Crippen LogP contribution in [0.5, 0.6) is 0 Å². The van der Waals surface area contributed by atoms with E-state index in [0.29, 0.717) is 55.8 Å². The molecule has 166 valence electrons. The van der Waals surface area contributed by atoms with Gasteiger partial charge in [0.15, 0.2) is 0 Å². The average Bonchev–Trinajstić information content (AvgIpc) is 3.14. The summed E-state index contributed by atoms with van der Waals surface area (Å²) in [4.78, 5) is 31.4. The number of carbonyl (C=O) groups excluding carboxylic acids is 2. The molecule has 2 N–H and O–H groups in total. The van der Waals surface area contributed by atoms with Crippen molar-refractivity contribution in [1.29, 1.82) is 5.26 Å². The number of anilines is 1. The Morgan fingerprint density at radius 2 is 2.16 bits per heavy atom. The number of amides is 2.